The fourth-order valence-electron chi connectivity index (χ4n) is 8.15. The summed E-state index contributed by atoms with van der Waals surface area (Å²) < 4.78 is 14.5. The summed E-state index contributed by atoms with van der Waals surface area (Å²) in [6, 6.07) is 0. The zero-order valence-corrected chi connectivity index (χ0v) is 23.3. The second-order valence-electron chi connectivity index (χ2n) is 11.9. The van der Waals surface area contributed by atoms with Crippen molar-refractivity contribution in [3.8, 4) is 0 Å². The normalized spacial score (nSPS) is 36.7. The van der Waals surface area contributed by atoms with Gasteiger partial charge in [0.1, 0.15) is 0 Å². The molecule has 0 aromatic rings. The average Bonchev–Trinajstić information content (AvgIpc) is 3.37. The SMILES string of the molecule is CCC1=CC2CCC1([Si](C)(C)O[Si](C)(C)O[Si](C)(C)C13CCC(C=C1CC)C3)C2. The molecule has 4 aliphatic rings. The summed E-state index contributed by atoms with van der Waals surface area (Å²) in [7, 11) is -6.04. The third kappa shape index (κ3) is 3.29. The smallest absolute Gasteiger partial charge is 0.311 e. The molecule has 0 aromatic carbocycles. The highest BCUT2D eigenvalue weighted by molar-refractivity contribution is 6.90. The molecule has 4 bridgehead atoms. The lowest BCUT2D eigenvalue weighted by molar-refractivity contribution is 0.352. The zero-order chi connectivity index (χ0) is 21.3. The van der Waals surface area contributed by atoms with E-state index in [1.807, 2.05) is 0 Å². The molecule has 4 rings (SSSR count). The van der Waals surface area contributed by atoms with Crippen molar-refractivity contribution in [2.24, 2.45) is 11.8 Å². The van der Waals surface area contributed by atoms with E-state index < -0.39 is 25.2 Å². The fraction of sp³-hybridized carbons (Fsp3) is 0.833. The van der Waals surface area contributed by atoms with Gasteiger partial charge in [0.15, 0.2) is 16.6 Å². The Morgan fingerprint density at radius 3 is 1.45 bits per heavy atom. The van der Waals surface area contributed by atoms with E-state index >= 15 is 0 Å². The monoisotopic (exact) mass is 448 g/mol. The van der Waals surface area contributed by atoms with Gasteiger partial charge < -0.3 is 8.23 Å². The van der Waals surface area contributed by atoms with Crippen LogP contribution in [-0.4, -0.2) is 25.2 Å². The second-order valence-corrected chi connectivity index (χ2v) is 24.3. The molecule has 5 heteroatoms. The van der Waals surface area contributed by atoms with E-state index in [1.54, 1.807) is 11.1 Å². The quantitative estimate of drug-likeness (QED) is 0.277. The van der Waals surface area contributed by atoms with E-state index in [-0.39, 0.29) is 0 Å². The molecule has 4 atom stereocenters. The van der Waals surface area contributed by atoms with Crippen LogP contribution in [0.1, 0.15) is 65.2 Å². The number of rotatable bonds is 8. The van der Waals surface area contributed by atoms with Crippen molar-refractivity contribution in [1.29, 1.82) is 0 Å². The highest BCUT2D eigenvalue weighted by Crippen LogP contribution is 2.67. The number of fused-ring (bicyclic) bond motifs is 4. The van der Waals surface area contributed by atoms with Crippen LogP contribution in [0.5, 0.6) is 0 Å². The van der Waals surface area contributed by atoms with Gasteiger partial charge in [0.05, 0.1) is 0 Å². The molecule has 0 saturated heterocycles. The van der Waals surface area contributed by atoms with Crippen LogP contribution in [0.2, 0.25) is 49.4 Å². The van der Waals surface area contributed by atoms with Crippen molar-refractivity contribution < 1.29 is 8.23 Å². The van der Waals surface area contributed by atoms with Gasteiger partial charge in [-0.05, 0) is 102 Å². The summed E-state index contributed by atoms with van der Waals surface area (Å²) in [5.74, 6) is 1.64. The molecular weight excluding hydrogens is 405 g/mol. The van der Waals surface area contributed by atoms with Crippen LogP contribution < -0.4 is 0 Å². The van der Waals surface area contributed by atoms with Crippen LogP contribution in [-0.2, 0) is 8.23 Å². The van der Waals surface area contributed by atoms with Crippen molar-refractivity contribution >= 4 is 25.2 Å². The molecular formula is C24H44O2Si3. The number of hydrogen-bond donors (Lipinski definition) is 0. The van der Waals surface area contributed by atoms with E-state index in [9.17, 15) is 0 Å². The molecule has 0 aromatic heterocycles. The predicted molar refractivity (Wildman–Crippen MR) is 131 cm³/mol. The Morgan fingerprint density at radius 1 is 0.759 bits per heavy atom. The van der Waals surface area contributed by atoms with Crippen LogP contribution in [0.15, 0.2) is 23.3 Å². The first-order chi connectivity index (χ1) is 13.4. The molecule has 0 radical (unpaired) electrons. The molecule has 0 heterocycles. The molecule has 2 nitrogen and oxygen atoms in total. The third-order valence-electron chi connectivity index (χ3n) is 9.28. The highest BCUT2D eigenvalue weighted by atomic mass is 28.5. The molecule has 4 aliphatic carbocycles. The minimum absolute atomic E-state index is 0.379. The van der Waals surface area contributed by atoms with Gasteiger partial charge in [-0.3, -0.25) is 0 Å². The summed E-state index contributed by atoms with van der Waals surface area (Å²) in [5, 5.41) is 0.759. The van der Waals surface area contributed by atoms with Gasteiger partial charge in [0.25, 0.3) is 0 Å². The Morgan fingerprint density at radius 2 is 1.14 bits per heavy atom. The lowest BCUT2D eigenvalue weighted by Crippen LogP contribution is -2.59. The summed E-state index contributed by atoms with van der Waals surface area (Å²) in [5.41, 5.74) is 3.44. The van der Waals surface area contributed by atoms with Gasteiger partial charge in [-0.2, -0.15) is 0 Å². The van der Waals surface area contributed by atoms with E-state index in [0.717, 1.165) is 11.8 Å². The molecule has 0 amide bonds. The van der Waals surface area contributed by atoms with Gasteiger partial charge >= 0.3 is 8.56 Å². The Kier molecular flexibility index (Phi) is 5.39. The first-order valence-electron chi connectivity index (χ1n) is 12.2. The summed E-state index contributed by atoms with van der Waals surface area (Å²) in [6.07, 6.45) is 15.8. The lowest BCUT2D eigenvalue weighted by atomic mass is 9.95. The van der Waals surface area contributed by atoms with Gasteiger partial charge in [-0.15, -0.1) is 0 Å². The Bertz CT molecular complexity index is 678. The van der Waals surface area contributed by atoms with Crippen LogP contribution in [0, 0.1) is 11.8 Å². The molecule has 0 spiro atoms. The largest absolute Gasteiger partial charge is 0.436 e. The third-order valence-corrected chi connectivity index (χ3v) is 23.5. The molecule has 2 fully saturated rings. The maximum Gasteiger partial charge on any atom is 0.311 e. The van der Waals surface area contributed by atoms with Crippen LogP contribution >= 0.6 is 0 Å². The van der Waals surface area contributed by atoms with Gasteiger partial charge in [-0.1, -0.05) is 37.1 Å². The maximum atomic E-state index is 7.26. The minimum Gasteiger partial charge on any atom is -0.436 e. The van der Waals surface area contributed by atoms with E-state index in [0.29, 0.717) is 10.1 Å². The summed E-state index contributed by atoms with van der Waals surface area (Å²) in [6.45, 7) is 19.4. The molecule has 0 N–H and O–H groups in total. The van der Waals surface area contributed by atoms with Crippen LogP contribution in [0.25, 0.3) is 0 Å². The van der Waals surface area contributed by atoms with Crippen molar-refractivity contribution in [2.75, 3.05) is 0 Å². The van der Waals surface area contributed by atoms with Crippen molar-refractivity contribution in [2.45, 2.75) is 115 Å². The fourth-order valence-corrected chi connectivity index (χ4v) is 25.2. The van der Waals surface area contributed by atoms with E-state index in [1.165, 1.54) is 51.4 Å². The topological polar surface area (TPSA) is 18.5 Å². The second kappa shape index (κ2) is 7.03. The molecule has 4 unspecified atom stereocenters. The van der Waals surface area contributed by atoms with Gasteiger partial charge in [0, 0.05) is 10.1 Å². The Hall–Kier alpha value is 0.0506. The molecule has 2 saturated carbocycles. The minimum atomic E-state index is -2.21. The predicted octanol–water partition coefficient (Wildman–Crippen LogP) is 7.91. The van der Waals surface area contributed by atoms with Crippen molar-refractivity contribution in [1.82, 2.24) is 0 Å². The Balaban J connectivity index is 1.55. The number of hydrogen-bond acceptors (Lipinski definition) is 2. The average molecular weight is 449 g/mol. The van der Waals surface area contributed by atoms with Crippen LogP contribution in [0.4, 0.5) is 0 Å². The molecule has 0 aliphatic heterocycles. The standard InChI is InChI=1S/C24H44O2Si3/c1-9-21-15-19-11-13-23(21,17-19)27(3,4)25-29(7,8)26-28(5,6)24-14-12-20(18-24)16-22(24)10-2/h15-16,19-20H,9-14,17-18H2,1-8H3. The molecule has 164 valence electrons. The summed E-state index contributed by atoms with van der Waals surface area (Å²) >= 11 is 0. The highest BCUT2D eigenvalue weighted by Gasteiger charge is 2.61. The summed E-state index contributed by atoms with van der Waals surface area (Å²) in [4.78, 5) is 0. The van der Waals surface area contributed by atoms with Crippen molar-refractivity contribution in [3.05, 3.63) is 23.3 Å². The van der Waals surface area contributed by atoms with Gasteiger partial charge in [0.2, 0.25) is 0 Å². The first-order valence-corrected chi connectivity index (χ1v) is 20.9. The Labute approximate surface area is 183 Å². The van der Waals surface area contributed by atoms with Crippen molar-refractivity contribution in [3.63, 3.8) is 0 Å². The zero-order valence-electron chi connectivity index (χ0n) is 20.3. The first kappa shape index (κ1) is 22.3. The maximum absolute atomic E-state index is 7.26. The lowest BCUT2D eigenvalue weighted by Gasteiger charge is -2.50. The van der Waals surface area contributed by atoms with Gasteiger partial charge in [-0.25, -0.2) is 0 Å². The molecule has 29 heavy (non-hydrogen) atoms. The van der Waals surface area contributed by atoms with Crippen LogP contribution in [0.3, 0.4) is 0 Å². The van der Waals surface area contributed by atoms with E-state index in [2.05, 4.69) is 65.3 Å². The number of allylic oxidation sites excluding steroid dienone is 4. The van der Waals surface area contributed by atoms with E-state index in [4.69, 9.17) is 8.23 Å².